The Kier molecular flexibility index (Phi) is 5.59. The van der Waals surface area contributed by atoms with E-state index in [4.69, 9.17) is 10.2 Å². The second-order valence-corrected chi connectivity index (χ2v) is 6.17. The van der Waals surface area contributed by atoms with Crippen LogP contribution in [0.4, 0.5) is 4.39 Å². The number of hydrogen-bond donors (Lipinski definition) is 2. The SMILES string of the molecule is C=CCN(CCO)S(=O)(=O)c1cc(C(=O)O)cc(F)c1C. The van der Waals surface area contributed by atoms with Gasteiger partial charge in [0.15, 0.2) is 0 Å². The minimum absolute atomic E-state index is 0.0821. The summed E-state index contributed by atoms with van der Waals surface area (Å²) >= 11 is 0. The predicted octanol–water partition coefficient (Wildman–Crippen LogP) is 1.00. The fourth-order valence-electron chi connectivity index (χ4n) is 1.75. The molecular weight excluding hydrogens is 301 g/mol. The van der Waals surface area contributed by atoms with E-state index in [1.165, 1.54) is 13.0 Å². The number of carboxylic acids is 1. The molecule has 1 aromatic rings. The average molecular weight is 317 g/mol. The van der Waals surface area contributed by atoms with Gasteiger partial charge in [-0.05, 0) is 19.1 Å². The van der Waals surface area contributed by atoms with Crippen LogP contribution >= 0.6 is 0 Å². The first-order chi connectivity index (χ1) is 9.75. The lowest BCUT2D eigenvalue weighted by atomic mass is 10.1. The number of aromatic carboxylic acids is 1. The molecule has 0 spiro atoms. The van der Waals surface area contributed by atoms with Gasteiger partial charge < -0.3 is 10.2 Å². The Morgan fingerprint density at radius 2 is 2.10 bits per heavy atom. The molecule has 1 aromatic carbocycles. The van der Waals surface area contributed by atoms with Crippen LogP contribution in [-0.2, 0) is 10.0 Å². The van der Waals surface area contributed by atoms with Gasteiger partial charge in [-0.3, -0.25) is 0 Å². The summed E-state index contributed by atoms with van der Waals surface area (Å²) in [6.07, 6.45) is 1.32. The lowest BCUT2D eigenvalue weighted by molar-refractivity contribution is 0.0696. The number of sulfonamides is 1. The molecule has 0 bridgehead atoms. The molecule has 0 unspecified atom stereocenters. The molecule has 21 heavy (non-hydrogen) atoms. The minimum Gasteiger partial charge on any atom is -0.478 e. The van der Waals surface area contributed by atoms with Crippen LogP contribution in [0.25, 0.3) is 0 Å². The molecule has 0 atom stereocenters. The monoisotopic (exact) mass is 317 g/mol. The molecule has 0 amide bonds. The summed E-state index contributed by atoms with van der Waals surface area (Å²) in [6, 6.07) is 1.67. The number of benzene rings is 1. The summed E-state index contributed by atoms with van der Waals surface area (Å²) in [4.78, 5) is 10.5. The van der Waals surface area contributed by atoms with Crippen molar-refractivity contribution in [2.75, 3.05) is 19.7 Å². The van der Waals surface area contributed by atoms with Crippen molar-refractivity contribution in [2.45, 2.75) is 11.8 Å². The summed E-state index contributed by atoms with van der Waals surface area (Å²) in [5, 5.41) is 17.8. The number of carbonyl (C=O) groups is 1. The van der Waals surface area contributed by atoms with Crippen molar-refractivity contribution >= 4 is 16.0 Å². The first-order valence-corrected chi connectivity index (χ1v) is 7.45. The Hall–Kier alpha value is -1.77. The van der Waals surface area contributed by atoms with Crippen molar-refractivity contribution in [1.82, 2.24) is 4.31 Å². The molecule has 1 rings (SSSR count). The van der Waals surface area contributed by atoms with Crippen LogP contribution in [0.1, 0.15) is 15.9 Å². The number of hydrogen-bond acceptors (Lipinski definition) is 4. The van der Waals surface area contributed by atoms with Gasteiger partial charge in [-0.2, -0.15) is 4.31 Å². The van der Waals surface area contributed by atoms with E-state index in [2.05, 4.69) is 6.58 Å². The van der Waals surface area contributed by atoms with E-state index in [-0.39, 0.29) is 18.7 Å². The topological polar surface area (TPSA) is 94.9 Å². The molecule has 0 saturated carbocycles. The first kappa shape index (κ1) is 17.3. The van der Waals surface area contributed by atoms with Crippen molar-refractivity contribution in [3.05, 3.63) is 41.7 Å². The summed E-state index contributed by atoms with van der Waals surface area (Å²) in [6.45, 7) is 3.96. The van der Waals surface area contributed by atoms with E-state index < -0.39 is 38.9 Å². The molecule has 0 aliphatic carbocycles. The fourth-order valence-corrected chi connectivity index (χ4v) is 3.41. The number of halogens is 1. The zero-order valence-electron chi connectivity index (χ0n) is 11.4. The quantitative estimate of drug-likeness (QED) is 0.732. The highest BCUT2D eigenvalue weighted by Crippen LogP contribution is 2.24. The van der Waals surface area contributed by atoms with Gasteiger partial charge in [-0.15, -0.1) is 6.58 Å². The first-order valence-electron chi connectivity index (χ1n) is 6.01. The largest absolute Gasteiger partial charge is 0.478 e. The Morgan fingerprint density at radius 3 is 2.57 bits per heavy atom. The fraction of sp³-hybridized carbons (Fsp3) is 0.308. The molecule has 0 heterocycles. The van der Waals surface area contributed by atoms with Crippen LogP contribution in [0, 0.1) is 12.7 Å². The molecule has 0 fully saturated rings. The van der Waals surface area contributed by atoms with Crippen molar-refractivity contribution in [3.8, 4) is 0 Å². The molecule has 0 aromatic heterocycles. The molecular formula is C13H16FNO5S. The van der Waals surface area contributed by atoms with Gasteiger partial charge in [0.2, 0.25) is 10.0 Å². The second-order valence-electron chi connectivity index (χ2n) is 4.26. The number of carboxylic acid groups (broad SMARTS) is 1. The zero-order valence-corrected chi connectivity index (χ0v) is 12.2. The maximum absolute atomic E-state index is 13.7. The standard InChI is InChI=1S/C13H16FNO5S/c1-3-4-15(5-6-16)21(19,20)12-8-10(13(17)18)7-11(14)9(12)2/h3,7-8,16H,1,4-6H2,2H3,(H,17,18). The lowest BCUT2D eigenvalue weighted by Gasteiger charge is -2.21. The predicted molar refractivity (Wildman–Crippen MR) is 74.1 cm³/mol. The number of rotatable bonds is 7. The maximum atomic E-state index is 13.7. The molecule has 0 radical (unpaired) electrons. The van der Waals surface area contributed by atoms with E-state index >= 15 is 0 Å². The van der Waals surface area contributed by atoms with Crippen LogP contribution in [0.5, 0.6) is 0 Å². The van der Waals surface area contributed by atoms with Crippen molar-refractivity contribution in [2.24, 2.45) is 0 Å². The molecule has 0 aliphatic heterocycles. The van der Waals surface area contributed by atoms with Gasteiger partial charge in [-0.25, -0.2) is 17.6 Å². The third kappa shape index (κ3) is 3.66. The summed E-state index contributed by atoms with van der Waals surface area (Å²) in [7, 11) is -4.14. The van der Waals surface area contributed by atoms with Crippen molar-refractivity contribution in [1.29, 1.82) is 0 Å². The molecule has 116 valence electrons. The molecule has 8 heteroatoms. The average Bonchev–Trinajstić information content (AvgIpc) is 2.40. The summed E-state index contributed by atoms with van der Waals surface area (Å²) < 4.78 is 39.6. The van der Waals surface area contributed by atoms with E-state index in [0.29, 0.717) is 0 Å². The van der Waals surface area contributed by atoms with Crippen molar-refractivity contribution in [3.63, 3.8) is 0 Å². The second kappa shape index (κ2) is 6.79. The van der Waals surface area contributed by atoms with Crippen molar-refractivity contribution < 1.29 is 27.8 Å². The van der Waals surface area contributed by atoms with E-state index in [1.54, 1.807) is 0 Å². The number of aliphatic hydroxyl groups is 1. The number of aliphatic hydroxyl groups excluding tert-OH is 1. The van der Waals surface area contributed by atoms with E-state index in [1.807, 2.05) is 0 Å². The highest BCUT2D eigenvalue weighted by atomic mass is 32.2. The number of nitrogens with zero attached hydrogens (tertiary/aromatic N) is 1. The summed E-state index contributed by atoms with van der Waals surface area (Å²) in [5.74, 6) is -2.35. The molecule has 0 saturated heterocycles. The summed E-state index contributed by atoms with van der Waals surface area (Å²) in [5.41, 5.74) is -0.633. The minimum atomic E-state index is -4.14. The normalized spacial score (nSPS) is 11.6. The van der Waals surface area contributed by atoms with E-state index in [9.17, 15) is 17.6 Å². The van der Waals surface area contributed by atoms with Gasteiger partial charge in [0, 0.05) is 18.7 Å². The van der Waals surface area contributed by atoms with Crippen LogP contribution < -0.4 is 0 Å². The Bertz CT molecular complexity index is 657. The third-order valence-corrected chi connectivity index (χ3v) is 4.83. The molecule has 0 aliphatic rings. The van der Waals surface area contributed by atoms with Crippen LogP contribution in [0.2, 0.25) is 0 Å². The van der Waals surface area contributed by atoms with E-state index in [0.717, 1.165) is 16.4 Å². The van der Waals surface area contributed by atoms with Gasteiger partial charge in [-0.1, -0.05) is 6.08 Å². The van der Waals surface area contributed by atoms with Gasteiger partial charge in [0.1, 0.15) is 5.82 Å². The molecule has 2 N–H and O–H groups in total. The smallest absolute Gasteiger partial charge is 0.335 e. The Labute approximate surface area is 122 Å². The van der Waals surface area contributed by atoms with Gasteiger partial charge in [0.05, 0.1) is 17.1 Å². The van der Waals surface area contributed by atoms with Gasteiger partial charge >= 0.3 is 5.97 Å². The highest BCUT2D eigenvalue weighted by Gasteiger charge is 2.27. The van der Waals surface area contributed by atoms with Gasteiger partial charge in [0.25, 0.3) is 0 Å². The van der Waals surface area contributed by atoms with Crippen LogP contribution in [0.15, 0.2) is 29.7 Å². The van der Waals surface area contributed by atoms with Crippen LogP contribution in [0.3, 0.4) is 0 Å². The maximum Gasteiger partial charge on any atom is 0.335 e. The van der Waals surface area contributed by atoms with Crippen LogP contribution in [-0.4, -0.2) is 48.6 Å². The molecule has 6 nitrogen and oxygen atoms in total. The Balaban J connectivity index is 3.48. The Morgan fingerprint density at radius 1 is 1.48 bits per heavy atom. The third-order valence-electron chi connectivity index (χ3n) is 2.84. The zero-order chi connectivity index (χ0) is 16.2. The highest BCUT2D eigenvalue weighted by molar-refractivity contribution is 7.89. The lowest BCUT2D eigenvalue weighted by Crippen LogP contribution is -2.34.